The number of aliphatic hydroxyl groups excluding tert-OH is 1. The van der Waals surface area contributed by atoms with Crippen molar-refractivity contribution < 1.29 is 9.90 Å². The predicted molar refractivity (Wildman–Crippen MR) is 68.4 cm³/mol. The van der Waals surface area contributed by atoms with E-state index in [2.05, 4.69) is 22.3 Å². The van der Waals surface area contributed by atoms with Crippen LogP contribution in [0.5, 0.6) is 0 Å². The fourth-order valence-electron chi connectivity index (χ4n) is 0.951. The van der Waals surface area contributed by atoms with Gasteiger partial charge in [0.05, 0.1) is 6.10 Å². The number of thiol groups is 1. The largest absolute Gasteiger partial charge is 0.393 e. The molecule has 3 N–H and O–H groups in total. The van der Waals surface area contributed by atoms with Gasteiger partial charge in [-0.15, -0.1) is 11.7 Å². The van der Waals surface area contributed by atoms with Crippen LogP contribution in [0.25, 0.3) is 0 Å². The highest BCUT2D eigenvalue weighted by atomic mass is 33.1. The van der Waals surface area contributed by atoms with E-state index in [0.717, 1.165) is 18.6 Å². The number of unbranched alkanes of at least 4 members (excludes halogenated alkanes) is 1. The molecule has 90 valence electrons. The summed E-state index contributed by atoms with van der Waals surface area (Å²) in [6.45, 7) is 2.90. The van der Waals surface area contributed by atoms with E-state index in [-0.39, 0.29) is 12.1 Å². The molecule has 0 rings (SSSR count). The third-order valence-corrected chi connectivity index (χ3v) is 2.81. The summed E-state index contributed by atoms with van der Waals surface area (Å²) in [6.07, 6.45) is 2.25. The van der Waals surface area contributed by atoms with Crippen LogP contribution in [-0.4, -0.2) is 36.1 Å². The number of carbonyl (C=O) groups is 1. The first-order valence-corrected chi connectivity index (χ1v) is 7.16. The van der Waals surface area contributed by atoms with Crippen molar-refractivity contribution in [2.24, 2.45) is 0 Å². The molecule has 0 aromatic carbocycles. The molecule has 0 aliphatic heterocycles. The normalized spacial score (nSPS) is 12.2. The van der Waals surface area contributed by atoms with Gasteiger partial charge in [0.15, 0.2) is 0 Å². The molecule has 4 nitrogen and oxygen atoms in total. The maximum atomic E-state index is 11.1. The van der Waals surface area contributed by atoms with Crippen LogP contribution in [-0.2, 0) is 0 Å². The monoisotopic (exact) mass is 252 g/mol. The van der Waals surface area contributed by atoms with Crippen LogP contribution in [0.15, 0.2) is 0 Å². The van der Waals surface area contributed by atoms with E-state index in [1.54, 1.807) is 6.92 Å². The highest BCUT2D eigenvalue weighted by molar-refractivity contribution is 8.68. The van der Waals surface area contributed by atoms with Gasteiger partial charge in [0, 0.05) is 18.8 Å². The molecule has 0 spiro atoms. The Balaban J connectivity index is 3.19. The standard InChI is InChI=1S/C9H20N2O2S2/c1-8(12)4-6-11-9(13)10-5-2-3-7-15-14/h8,12,14H,2-7H2,1H3,(H2,10,11,13)/t8-/m0/s1. The molecule has 0 aromatic heterocycles. The fourth-order valence-corrected chi connectivity index (χ4v) is 1.67. The zero-order valence-corrected chi connectivity index (χ0v) is 10.7. The van der Waals surface area contributed by atoms with Gasteiger partial charge in [-0.25, -0.2) is 4.79 Å². The molecule has 0 saturated heterocycles. The molecule has 0 bridgehead atoms. The summed E-state index contributed by atoms with van der Waals surface area (Å²) >= 11 is 4.02. The first-order valence-electron chi connectivity index (χ1n) is 5.13. The number of nitrogens with one attached hydrogen (secondary N) is 2. The summed E-state index contributed by atoms with van der Waals surface area (Å²) in [4.78, 5) is 11.1. The predicted octanol–water partition coefficient (Wildman–Crippen LogP) is 1.41. The Kier molecular flexibility index (Phi) is 10.4. The summed E-state index contributed by atoms with van der Waals surface area (Å²) in [5.74, 6) is 1.01. The van der Waals surface area contributed by atoms with Gasteiger partial charge < -0.3 is 15.7 Å². The van der Waals surface area contributed by atoms with Crippen molar-refractivity contribution >= 4 is 28.5 Å². The minimum absolute atomic E-state index is 0.158. The molecule has 0 saturated carbocycles. The quantitative estimate of drug-likeness (QED) is 0.300. The van der Waals surface area contributed by atoms with Gasteiger partial charge in [-0.3, -0.25) is 0 Å². The van der Waals surface area contributed by atoms with Gasteiger partial charge in [0.1, 0.15) is 0 Å². The molecular formula is C9H20N2O2S2. The van der Waals surface area contributed by atoms with Crippen LogP contribution in [0, 0.1) is 0 Å². The van der Waals surface area contributed by atoms with E-state index >= 15 is 0 Å². The average Bonchev–Trinajstić information content (AvgIpc) is 2.17. The smallest absolute Gasteiger partial charge is 0.314 e. The summed E-state index contributed by atoms with van der Waals surface area (Å²) < 4.78 is 0. The average molecular weight is 252 g/mol. The lowest BCUT2D eigenvalue weighted by atomic mass is 10.3. The number of urea groups is 1. The Hall–Kier alpha value is -0.0700. The van der Waals surface area contributed by atoms with Gasteiger partial charge in [0.25, 0.3) is 0 Å². The molecular weight excluding hydrogens is 232 g/mol. The number of hydrogen-bond acceptors (Lipinski definition) is 4. The third-order valence-electron chi connectivity index (χ3n) is 1.80. The van der Waals surface area contributed by atoms with Gasteiger partial charge in [-0.2, -0.15) is 0 Å². The molecule has 0 heterocycles. The molecule has 0 fully saturated rings. The molecule has 0 aliphatic rings. The van der Waals surface area contributed by atoms with E-state index in [4.69, 9.17) is 5.11 Å². The second kappa shape index (κ2) is 10.4. The lowest BCUT2D eigenvalue weighted by Gasteiger charge is -2.08. The minimum Gasteiger partial charge on any atom is -0.393 e. The Morgan fingerprint density at radius 1 is 1.40 bits per heavy atom. The lowest BCUT2D eigenvalue weighted by Crippen LogP contribution is -2.37. The van der Waals surface area contributed by atoms with Crippen LogP contribution < -0.4 is 10.6 Å². The van der Waals surface area contributed by atoms with E-state index in [1.165, 1.54) is 10.8 Å². The summed E-state index contributed by atoms with van der Waals surface area (Å²) in [6, 6.07) is -0.158. The Bertz CT molecular complexity index is 168. The number of carbonyl (C=O) groups excluding carboxylic acids is 1. The van der Waals surface area contributed by atoms with Crippen LogP contribution in [0.1, 0.15) is 26.2 Å². The summed E-state index contributed by atoms with van der Waals surface area (Å²) in [7, 11) is 1.52. The Morgan fingerprint density at radius 2 is 2.07 bits per heavy atom. The maximum absolute atomic E-state index is 11.1. The Morgan fingerprint density at radius 3 is 2.67 bits per heavy atom. The highest BCUT2D eigenvalue weighted by Crippen LogP contribution is 2.06. The topological polar surface area (TPSA) is 61.4 Å². The fraction of sp³-hybridized carbons (Fsp3) is 0.889. The van der Waals surface area contributed by atoms with Crippen LogP contribution in [0.2, 0.25) is 0 Å². The van der Waals surface area contributed by atoms with Crippen molar-refractivity contribution in [2.45, 2.75) is 32.3 Å². The van der Waals surface area contributed by atoms with Gasteiger partial charge in [-0.05, 0) is 26.2 Å². The first-order chi connectivity index (χ1) is 7.16. The van der Waals surface area contributed by atoms with Crippen LogP contribution >= 0.6 is 22.5 Å². The van der Waals surface area contributed by atoms with E-state index in [0.29, 0.717) is 19.5 Å². The zero-order chi connectivity index (χ0) is 11.5. The molecule has 0 aromatic rings. The summed E-state index contributed by atoms with van der Waals surface area (Å²) in [5.41, 5.74) is 0. The molecule has 6 heteroatoms. The van der Waals surface area contributed by atoms with Crippen molar-refractivity contribution in [1.29, 1.82) is 0 Å². The third kappa shape index (κ3) is 11.9. The molecule has 0 unspecified atom stereocenters. The maximum Gasteiger partial charge on any atom is 0.314 e. The molecule has 0 aliphatic carbocycles. The molecule has 0 radical (unpaired) electrons. The van der Waals surface area contributed by atoms with Crippen molar-refractivity contribution in [1.82, 2.24) is 10.6 Å². The number of aliphatic hydroxyl groups is 1. The zero-order valence-electron chi connectivity index (χ0n) is 9.03. The lowest BCUT2D eigenvalue weighted by molar-refractivity contribution is 0.183. The number of amides is 2. The van der Waals surface area contributed by atoms with Crippen molar-refractivity contribution in [3.8, 4) is 0 Å². The van der Waals surface area contributed by atoms with Crippen molar-refractivity contribution in [3.63, 3.8) is 0 Å². The molecule has 2 amide bonds. The van der Waals surface area contributed by atoms with E-state index in [9.17, 15) is 4.79 Å². The van der Waals surface area contributed by atoms with E-state index in [1.807, 2.05) is 0 Å². The second-order valence-corrected chi connectivity index (χ2v) is 4.80. The molecule has 1 atom stereocenters. The second-order valence-electron chi connectivity index (χ2n) is 3.36. The number of hydrogen-bond donors (Lipinski definition) is 4. The van der Waals surface area contributed by atoms with Crippen molar-refractivity contribution in [2.75, 3.05) is 18.8 Å². The van der Waals surface area contributed by atoms with Crippen LogP contribution in [0.4, 0.5) is 4.79 Å². The minimum atomic E-state index is -0.363. The SMILES string of the molecule is C[C@H](O)CCNC(=O)NCCCCSS. The Labute approximate surface area is 100 Å². The number of rotatable bonds is 8. The van der Waals surface area contributed by atoms with E-state index < -0.39 is 0 Å². The van der Waals surface area contributed by atoms with Gasteiger partial charge >= 0.3 is 6.03 Å². The van der Waals surface area contributed by atoms with Gasteiger partial charge in [-0.1, -0.05) is 10.8 Å². The van der Waals surface area contributed by atoms with Crippen molar-refractivity contribution in [3.05, 3.63) is 0 Å². The highest BCUT2D eigenvalue weighted by Gasteiger charge is 2.00. The van der Waals surface area contributed by atoms with Gasteiger partial charge in [0.2, 0.25) is 0 Å². The molecule has 15 heavy (non-hydrogen) atoms. The summed E-state index contributed by atoms with van der Waals surface area (Å²) in [5, 5.41) is 14.4. The van der Waals surface area contributed by atoms with Crippen LogP contribution in [0.3, 0.4) is 0 Å². The first kappa shape index (κ1) is 14.9.